The summed E-state index contributed by atoms with van der Waals surface area (Å²) in [5, 5.41) is 0. The molecule has 3 heteroatoms. The number of nitrogens with zero attached hydrogens (tertiary/aromatic N) is 1. The Bertz CT molecular complexity index is 440. The molecule has 0 fully saturated rings. The Kier molecular flexibility index (Phi) is 2.67. The van der Waals surface area contributed by atoms with Crippen LogP contribution in [0.1, 0.15) is 0 Å². The van der Waals surface area contributed by atoms with Crippen molar-refractivity contribution < 1.29 is 0 Å². The minimum Gasteiger partial charge on any atom is -0.384 e. The molecule has 14 heavy (non-hydrogen) atoms. The maximum Gasteiger partial charge on any atom is 0.124 e. The molecule has 2 rings (SSSR count). The van der Waals surface area contributed by atoms with E-state index < -0.39 is 0 Å². The lowest BCUT2D eigenvalue weighted by Gasteiger charge is -2.04. The first-order valence-electron chi connectivity index (χ1n) is 4.24. The summed E-state index contributed by atoms with van der Waals surface area (Å²) < 4.78 is 1.13. The fraction of sp³-hybridized carbons (Fsp3) is 0. The highest BCUT2D eigenvalue weighted by atomic mass is 127. The Hall–Kier alpha value is -1.10. The smallest absolute Gasteiger partial charge is 0.124 e. The standard InChI is InChI=1S/C11H9IN2/c12-10-6-11(13)14-7-9(10)8-4-2-1-3-5-8/h1-7H,(H2,13,14). The van der Waals surface area contributed by atoms with E-state index in [1.54, 1.807) is 0 Å². The predicted octanol–water partition coefficient (Wildman–Crippen LogP) is 2.94. The van der Waals surface area contributed by atoms with E-state index in [9.17, 15) is 0 Å². The molecule has 1 aromatic carbocycles. The highest BCUT2D eigenvalue weighted by Crippen LogP contribution is 2.24. The van der Waals surface area contributed by atoms with Crippen LogP contribution in [0.15, 0.2) is 42.6 Å². The van der Waals surface area contributed by atoms with Gasteiger partial charge in [-0.2, -0.15) is 0 Å². The molecule has 0 saturated carbocycles. The van der Waals surface area contributed by atoms with Crippen molar-refractivity contribution in [1.82, 2.24) is 4.98 Å². The van der Waals surface area contributed by atoms with Gasteiger partial charge in [0, 0.05) is 15.3 Å². The van der Waals surface area contributed by atoms with E-state index in [-0.39, 0.29) is 0 Å². The fourth-order valence-corrected chi connectivity index (χ4v) is 2.05. The summed E-state index contributed by atoms with van der Waals surface area (Å²) in [6, 6.07) is 12.0. The Morgan fingerprint density at radius 2 is 1.86 bits per heavy atom. The molecular formula is C11H9IN2. The number of pyridine rings is 1. The minimum absolute atomic E-state index is 0.564. The van der Waals surface area contributed by atoms with Crippen LogP contribution in [-0.4, -0.2) is 4.98 Å². The molecule has 0 spiro atoms. The highest BCUT2D eigenvalue weighted by molar-refractivity contribution is 14.1. The van der Waals surface area contributed by atoms with Crippen molar-refractivity contribution in [3.63, 3.8) is 0 Å². The number of halogens is 1. The molecular weight excluding hydrogens is 287 g/mol. The zero-order chi connectivity index (χ0) is 9.97. The number of nitrogens with two attached hydrogens (primary N) is 1. The van der Waals surface area contributed by atoms with Crippen LogP contribution in [0.4, 0.5) is 5.82 Å². The van der Waals surface area contributed by atoms with Gasteiger partial charge in [0.1, 0.15) is 5.82 Å². The molecule has 70 valence electrons. The Balaban J connectivity index is 2.53. The van der Waals surface area contributed by atoms with Crippen LogP contribution in [-0.2, 0) is 0 Å². The summed E-state index contributed by atoms with van der Waals surface area (Å²) >= 11 is 2.27. The van der Waals surface area contributed by atoms with Crippen molar-refractivity contribution in [1.29, 1.82) is 0 Å². The minimum atomic E-state index is 0.564. The number of anilines is 1. The maximum atomic E-state index is 5.59. The molecule has 2 aromatic rings. The third kappa shape index (κ3) is 1.87. The molecule has 0 aliphatic carbocycles. The first kappa shape index (κ1) is 9.45. The quantitative estimate of drug-likeness (QED) is 0.822. The molecule has 2 nitrogen and oxygen atoms in total. The highest BCUT2D eigenvalue weighted by Gasteiger charge is 2.02. The van der Waals surface area contributed by atoms with Crippen LogP contribution in [0.25, 0.3) is 11.1 Å². The summed E-state index contributed by atoms with van der Waals surface area (Å²) in [4.78, 5) is 4.09. The van der Waals surface area contributed by atoms with Gasteiger partial charge in [-0.25, -0.2) is 4.98 Å². The molecule has 0 amide bonds. The Morgan fingerprint density at radius 3 is 2.50 bits per heavy atom. The lowest BCUT2D eigenvalue weighted by molar-refractivity contribution is 1.32. The monoisotopic (exact) mass is 296 g/mol. The van der Waals surface area contributed by atoms with Gasteiger partial charge in [-0.3, -0.25) is 0 Å². The van der Waals surface area contributed by atoms with Crippen LogP contribution in [0.2, 0.25) is 0 Å². The lowest BCUT2D eigenvalue weighted by Crippen LogP contribution is -1.92. The molecule has 0 bridgehead atoms. The summed E-state index contributed by atoms with van der Waals surface area (Å²) in [6.45, 7) is 0. The van der Waals surface area contributed by atoms with Crippen LogP contribution >= 0.6 is 22.6 Å². The van der Waals surface area contributed by atoms with Crippen molar-refractivity contribution in [3.8, 4) is 11.1 Å². The van der Waals surface area contributed by atoms with Gasteiger partial charge in [0.25, 0.3) is 0 Å². The summed E-state index contributed by atoms with van der Waals surface area (Å²) in [5.41, 5.74) is 7.89. The second-order valence-electron chi connectivity index (χ2n) is 2.96. The molecule has 0 radical (unpaired) electrons. The lowest BCUT2D eigenvalue weighted by atomic mass is 10.1. The molecule has 2 N–H and O–H groups in total. The number of nitrogen functional groups attached to an aromatic ring is 1. The molecule has 0 unspecified atom stereocenters. The number of hydrogen-bond donors (Lipinski definition) is 1. The third-order valence-electron chi connectivity index (χ3n) is 1.96. The van der Waals surface area contributed by atoms with Crippen molar-refractivity contribution in [2.24, 2.45) is 0 Å². The van der Waals surface area contributed by atoms with Crippen LogP contribution in [0.5, 0.6) is 0 Å². The zero-order valence-electron chi connectivity index (χ0n) is 7.44. The second kappa shape index (κ2) is 3.96. The second-order valence-corrected chi connectivity index (χ2v) is 4.12. The van der Waals surface area contributed by atoms with E-state index in [0.717, 1.165) is 9.13 Å². The van der Waals surface area contributed by atoms with E-state index >= 15 is 0 Å². The van der Waals surface area contributed by atoms with Gasteiger partial charge < -0.3 is 5.73 Å². The van der Waals surface area contributed by atoms with E-state index in [1.165, 1.54) is 5.56 Å². The van der Waals surface area contributed by atoms with Crippen molar-refractivity contribution in [2.45, 2.75) is 0 Å². The van der Waals surface area contributed by atoms with Gasteiger partial charge in [0.15, 0.2) is 0 Å². The molecule has 0 atom stereocenters. The molecule has 0 aliphatic heterocycles. The summed E-state index contributed by atoms with van der Waals surface area (Å²) in [5.74, 6) is 0.564. The Labute approximate surface area is 96.3 Å². The maximum absolute atomic E-state index is 5.59. The first-order chi connectivity index (χ1) is 6.77. The molecule has 1 aromatic heterocycles. The summed E-state index contributed by atoms with van der Waals surface area (Å²) in [7, 11) is 0. The SMILES string of the molecule is Nc1cc(I)c(-c2ccccc2)cn1. The van der Waals surface area contributed by atoms with Gasteiger partial charge in [-0.05, 0) is 34.2 Å². The molecule has 0 saturated heterocycles. The average molecular weight is 296 g/mol. The Morgan fingerprint density at radius 1 is 1.14 bits per heavy atom. The average Bonchev–Trinajstić information content (AvgIpc) is 2.19. The molecule has 0 aliphatic rings. The van der Waals surface area contributed by atoms with Gasteiger partial charge >= 0.3 is 0 Å². The zero-order valence-corrected chi connectivity index (χ0v) is 9.60. The number of benzene rings is 1. The number of aromatic nitrogens is 1. The largest absolute Gasteiger partial charge is 0.384 e. The normalized spacial score (nSPS) is 10.1. The van der Waals surface area contributed by atoms with E-state index in [4.69, 9.17) is 5.73 Å². The van der Waals surface area contributed by atoms with Crippen molar-refractivity contribution >= 4 is 28.4 Å². The number of rotatable bonds is 1. The van der Waals surface area contributed by atoms with Gasteiger partial charge in [-0.15, -0.1) is 0 Å². The van der Waals surface area contributed by atoms with E-state index in [2.05, 4.69) is 39.7 Å². The van der Waals surface area contributed by atoms with Gasteiger partial charge in [0.05, 0.1) is 0 Å². The third-order valence-corrected chi connectivity index (χ3v) is 2.85. The summed E-state index contributed by atoms with van der Waals surface area (Å²) in [6.07, 6.45) is 1.81. The van der Waals surface area contributed by atoms with Crippen molar-refractivity contribution in [3.05, 3.63) is 46.2 Å². The van der Waals surface area contributed by atoms with E-state index in [1.807, 2.05) is 30.5 Å². The van der Waals surface area contributed by atoms with Crippen LogP contribution in [0.3, 0.4) is 0 Å². The fourth-order valence-electron chi connectivity index (χ4n) is 1.28. The van der Waals surface area contributed by atoms with Crippen LogP contribution in [0, 0.1) is 3.57 Å². The van der Waals surface area contributed by atoms with Gasteiger partial charge in [0.2, 0.25) is 0 Å². The first-order valence-corrected chi connectivity index (χ1v) is 5.31. The molecule has 1 heterocycles. The predicted molar refractivity (Wildman–Crippen MR) is 66.8 cm³/mol. The van der Waals surface area contributed by atoms with Crippen molar-refractivity contribution in [2.75, 3.05) is 5.73 Å². The van der Waals surface area contributed by atoms with Crippen LogP contribution < -0.4 is 5.73 Å². The van der Waals surface area contributed by atoms with E-state index in [0.29, 0.717) is 5.82 Å². The van der Waals surface area contributed by atoms with Gasteiger partial charge in [-0.1, -0.05) is 30.3 Å². The topological polar surface area (TPSA) is 38.9 Å². The number of hydrogen-bond acceptors (Lipinski definition) is 2.